The van der Waals surface area contributed by atoms with E-state index < -0.39 is 0 Å². The number of aryl methyl sites for hydroxylation is 1. The normalized spacial score (nSPS) is 23.0. The third kappa shape index (κ3) is 5.00. The summed E-state index contributed by atoms with van der Waals surface area (Å²) in [6, 6.07) is 8.76. The van der Waals surface area contributed by atoms with Crippen LogP contribution in [-0.4, -0.2) is 59.4 Å². The molecule has 4 heteroatoms. The van der Waals surface area contributed by atoms with Gasteiger partial charge in [0.2, 0.25) is 5.91 Å². The number of carbonyl (C=O) groups excluding carboxylic acids is 1. The van der Waals surface area contributed by atoms with Crippen LogP contribution < -0.4 is 0 Å². The number of nitrogens with zero attached hydrogens (tertiary/aromatic N) is 2. The van der Waals surface area contributed by atoms with Crippen LogP contribution >= 0.6 is 11.8 Å². The first-order valence-corrected chi connectivity index (χ1v) is 10.5. The zero-order chi connectivity index (χ0) is 16.8. The van der Waals surface area contributed by atoms with E-state index in [4.69, 9.17) is 0 Å². The summed E-state index contributed by atoms with van der Waals surface area (Å²) in [6.07, 6.45) is 5.67. The predicted octanol–water partition coefficient (Wildman–Crippen LogP) is 3.36. The van der Waals surface area contributed by atoms with E-state index in [1.165, 1.54) is 43.7 Å². The van der Waals surface area contributed by atoms with E-state index in [0.29, 0.717) is 18.4 Å². The summed E-state index contributed by atoms with van der Waals surface area (Å²) in [5.74, 6) is 2.59. The van der Waals surface area contributed by atoms with Crippen LogP contribution in [0.2, 0.25) is 0 Å². The molecule has 0 bridgehead atoms. The van der Waals surface area contributed by atoms with E-state index in [9.17, 15) is 4.79 Å². The summed E-state index contributed by atoms with van der Waals surface area (Å²) in [5.41, 5.74) is 2.38. The Balaban J connectivity index is 1.65. The Morgan fingerprint density at radius 2 is 2.00 bits per heavy atom. The van der Waals surface area contributed by atoms with Crippen LogP contribution in [0.1, 0.15) is 36.8 Å². The average molecular weight is 347 g/mol. The minimum absolute atomic E-state index is 0.310. The average Bonchev–Trinajstić information content (AvgIpc) is 2.81. The van der Waals surface area contributed by atoms with E-state index in [-0.39, 0.29) is 0 Å². The Kier molecular flexibility index (Phi) is 6.61. The van der Waals surface area contributed by atoms with Crippen molar-refractivity contribution in [1.82, 2.24) is 9.80 Å². The molecule has 3 nitrogen and oxygen atoms in total. The SMILES string of the molecule is Cc1cccc(CC(=O)N2CCCSCC2CN2CCCCC2)c1. The molecule has 0 aromatic heterocycles. The summed E-state index contributed by atoms with van der Waals surface area (Å²) >= 11 is 2.02. The van der Waals surface area contributed by atoms with Crippen LogP contribution in [0.5, 0.6) is 0 Å². The fourth-order valence-electron chi connectivity index (χ4n) is 3.85. The van der Waals surface area contributed by atoms with E-state index in [1.807, 2.05) is 11.8 Å². The maximum absolute atomic E-state index is 13.0. The van der Waals surface area contributed by atoms with Crippen molar-refractivity contribution in [2.24, 2.45) is 0 Å². The van der Waals surface area contributed by atoms with Gasteiger partial charge in [-0.2, -0.15) is 11.8 Å². The number of thioether (sulfide) groups is 1. The molecule has 2 aliphatic rings. The van der Waals surface area contributed by atoms with Crippen LogP contribution in [0.15, 0.2) is 24.3 Å². The largest absolute Gasteiger partial charge is 0.337 e. The van der Waals surface area contributed by atoms with Gasteiger partial charge in [-0.3, -0.25) is 4.79 Å². The van der Waals surface area contributed by atoms with Crippen LogP contribution in [0.3, 0.4) is 0 Å². The molecule has 1 unspecified atom stereocenters. The summed E-state index contributed by atoms with van der Waals surface area (Å²) in [5, 5.41) is 0. The van der Waals surface area contributed by atoms with Crippen molar-refractivity contribution in [2.75, 3.05) is 37.7 Å². The van der Waals surface area contributed by atoms with Gasteiger partial charge in [0.1, 0.15) is 0 Å². The number of amides is 1. The topological polar surface area (TPSA) is 23.6 Å². The van der Waals surface area contributed by atoms with Crippen molar-refractivity contribution in [1.29, 1.82) is 0 Å². The van der Waals surface area contributed by atoms with E-state index in [1.54, 1.807) is 0 Å². The zero-order valence-corrected chi connectivity index (χ0v) is 15.7. The van der Waals surface area contributed by atoms with Gasteiger partial charge in [0.05, 0.1) is 12.5 Å². The minimum atomic E-state index is 0.310. The summed E-state index contributed by atoms with van der Waals surface area (Å²) < 4.78 is 0. The number of benzene rings is 1. The number of piperidine rings is 1. The highest BCUT2D eigenvalue weighted by Crippen LogP contribution is 2.20. The second-order valence-corrected chi connectivity index (χ2v) is 8.35. The molecule has 2 fully saturated rings. The molecule has 1 amide bonds. The molecule has 0 saturated carbocycles. The van der Waals surface area contributed by atoms with Gasteiger partial charge >= 0.3 is 0 Å². The molecule has 0 aliphatic carbocycles. The molecule has 1 aromatic rings. The second-order valence-electron chi connectivity index (χ2n) is 7.20. The van der Waals surface area contributed by atoms with E-state index >= 15 is 0 Å². The molecule has 3 rings (SSSR count). The Hall–Kier alpha value is -1.00. The van der Waals surface area contributed by atoms with Crippen LogP contribution in [-0.2, 0) is 11.2 Å². The molecule has 1 aromatic carbocycles. The maximum Gasteiger partial charge on any atom is 0.227 e. The summed E-state index contributed by atoms with van der Waals surface area (Å²) in [6.45, 7) is 6.50. The lowest BCUT2D eigenvalue weighted by atomic mass is 10.1. The zero-order valence-electron chi connectivity index (χ0n) is 14.9. The number of hydrogen-bond acceptors (Lipinski definition) is 3. The monoisotopic (exact) mass is 346 g/mol. The molecule has 24 heavy (non-hydrogen) atoms. The minimum Gasteiger partial charge on any atom is -0.337 e. The number of rotatable bonds is 4. The molecule has 0 N–H and O–H groups in total. The number of hydrogen-bond donors (Lipinski definition) is 0. The molecule has 1 atom stereocenters. The second kappa shape index (κ2) is 8.91. The Labute approximate surface area is 150 Å². The summed E-state index contributed by atoms with van der Waals surface area (Å²) in [4.78, 5) is 17.7. The van der Waals surface area contributed by atoms with Gasteiger partial charge in [-0.05, 0) is 50.6 Å². The number of likely N-dealkylation sites (tertiary alicyclic amines) is 1. The molecule has 2 saturated heterocycles. The first-order chi connectivity index (χ1) is 11.7. The van der Waals surface area contributed by atoms with Gasteiger partial charge in [-0.25, -0.2) is 0 Å². The van der Waals surface area contributed by atoms with Crippen LogP contribution in [0, 0.1) is 6.92 Å². The predicted molar refractivity (Wildman–Crippen MR) is 103 cm³/mol. The molecule has 2 aliphatic heterocycles. The smallest absolute Gasteiger partial charge is 0.227 e. The fraction of sp³-hybridized carbons (Fsp3) is 0.650. The lowest BCUT2D eigenvalue weighted by molar-refractivity contribution is -0.132. The Bertz CT molecular complexity index is 542. The molecule has 132 valence electrons. The third-order valence-corrected chi connectivity index (χ3v) is 6.31. The van der Waals surface area contributed by atoms with Crippen molar-refractivity contribution >= 4 is 17.7 Å². The van der Waals surface area contributed by atoms with Crippen molar-refractivity contribution in [3.63, 3.8) is 0 Å². The van der Waals surface area contributed by atoms with Crippen molar-refractivity contribution in [3.05, 3.63) is 35.4 Å². The van der Waals surface area contributed by atoms with Gasteiger partial charge in [-0.1, -0.05) is 36.2 Å². The Morgan fingerprint density at radius 3 is 2.79 bits per heavy atom. The van der Waals surface area contributed by atoms with Gasteiger partial charge in [0.25, 0.3) is 0 Å². The standard InChI is InChI=1S/C20H30N2OS/c1-17-7-5-8-18(13-17)14-20(23)22-11-6-12-24-16-19(22)15-21-9-3-2-4-10-21/h5,7-8,13,19H,2-4,6,9-12,14-16H2,1H3. The maximum atomic E-state index is 13.0. The highest BCUT2D eigenvalue weighted by Gasteiger charge is 2.27. The fourth-order valence-corrected chi connectivity index (χ4v) is 4.90. The Morgan fingerprint density at radius 1 is 1.17 bits per heavy atom. The molecular weight excluding hydrogens is 316 g/mol. The van der Waals surface area contributed by atoms with Gasteiger partial charge in [-0.15, -0.1) is 0 Å². The van der Waals surface area contributed by atoms with Gasteiger partial charge < -0.3 is 9.80 Å². The highest BCUT2D eigenvalue weighted by molar-refractivity contribution is 7.99. The van der Waals surface area contributed by atoms with Gasteiger partial charge in [0.15, 0.2) is 0 Å². The van der Waals surface area contributed by atoms with Crippen LogP contribution in [0.25, 0.3) is 0 Å². The lowest BCUT2D eigenvalue weighted by Crippen LogP contribution is -2.49. The first kappa shape index (κ1) is 17.8. The highest BCUT2D eigenvalue weighted by atomic mass is 32.2. The quantitative estimate of drug-likeness (QED) is 0.835. The molecular formula is C20H30N2OS. The summed E-state index contributed by atoms with van der Waals surface area (Å²) in [7, 11) is 0. The molecule has 0 radical (unpaired) electrons. The lowest BCUT2D eigenvalue weighted by Gasteiger charge is -2.36. The van der Waals surface area contributed by atoms with Crippen molar-refractivity contribution < 1.29 is 4.79 Å². The molecule has 0 spiro atoms. The third-order valence-electron chi connectivity index (χ3n) is 5.11. The van der Waals surface area contributed by atoms with E-state index in [0.717, 1.165) is 30.8 Å². The molecule has 2 heterocycles. The number of carbonyl (C=O) groups is 1. The van der Waals surface area contributed by atoms with Crippen molar-refractivity contribution in [2.45, 2.75) is 45.1 Å². The van der Waals surface area contributed by atoms with E-state index in [2.05, 4.69) is 41.0 Å². The van der Waals surface area contributed by atoms with Crippen LogP contribution in [0.4, 0.5) is 0 Å². The van der Waals surface area contributed by atoms with Crippen molar-refractivity contribution in [3.8, 4) is 0 Å². The van der Waals surface area contributed by atoms with Gasteiger partial charge in [0, 0.05) is 18.8 Å². The first-order valence-electron chi connectivity index (χ1n) is 9.37.